The predicted octanol–water partition coefficient (Wildman–Crippen LogP) is 2.58. The van der Waals surface area contributed by atoms with E-state index in [9.17, 15) is 18.0 Å². The minimum atomic E-state index is -3.68. The molecule has 0 N–H and O–H groups in total. The Morgan fingerprint density at radius 2 is 1.88 bits per heavy atom. The van der Waals surface area contributed by atoms with Crippen molar-refractivity contribution < 1.29 is 22.7 Å². The van der Waals surface area contributed by atoms with Crippen molar-refractivity contribution in [3.05, 3.63) is 76.7 Å². The summed E-state index contributed by atoms with van der Waals surface area (Å²) < 4.78 is 32.3. The molecule has 9 nitrogen and oxygen atoms in total. The van der Waals surface area contributed by atoms with Crippen LogP contribution >= 0.6 is 0 Å². The highest BCUT2D eigenvalue weighted by atomic mass is 32.2. The van der Waals surface area contributed by atoms with E-state index in [0.29, 0.717) is 11.5 Å². The van der Waals surface area contributed by atoms with Crippen LogP contribution in [0.4, 0.5) is 0 Å². The fourth-order valence-corrected chi connectivity index (χ4v) is 5.17. The number of nitrogens with zero attached hydrogens (tertiary/aromatic N) is 4. The number of benzene rings is 1. The molecular weight excluding hydrogens is 456 g/mol. The van der Waals surface area contributed by atoms with Gasteiger partial charge in [-0.25, -0.2) is 23.2 Å². The van der Waals surface area contributed by atoms with E-state index >= 15 is 0 Å². The highest BCUT2D eigenvalue weighted by molar-refractivity contribution is 7.92. The number of amides is 1. The second-order valence-corrected chi connectivity index (χ2v) is 9.71. The van der Waals surface area contributed by atoms with Crippen molar-refractivity contribution in [1.29, 1.82) is 0 Å². The number of carbonyl (C=O) groups excluding carboxylic acids is 2. The number of aromatic nitrogens is 2. The van der Waals surface area contributed by atoms with Crippen LogP contribution in [0.3, 0.4) is 0 Å². The largest absolute Gasteiger partial charge is 0.458 e. The normalized spacial score (nSPS) is 17.0. The van der Waals surface area contributed by atoms with Crippen molar-refractivity contribution in [2.24, 2.45) is 0 Å². The average Bonchev–Trinajstić information content (AvgIpc) is 2.80. The zero-order valence-electron chi connectivity index (χ0n) is 19.5. The van der Waals surface area contributed by atoms with Crippen LogP contribution in [0.2, 0.25) is 0 Å². The summed E-state index contributed by atoms with van der Waals surface area (Å²) in [7, 11) is -3.68. The average molecular weight is 485 g/mol. The summed E-state index contributed by atoms with van der Waals surface area (Å²) in [5.41, 5.74) is 1.07. The maximum atomic E-state index is 13.3. The molecule has 2 aromatic rings. The van der Waals surface area contributed by atoms with Crippen LogP contribution in [0.25, 0.3) is 6.08 Å². The van der Waals surface area contributed by atoms with Gasteiger partial charge in [-0.3, -0.25) is 4.79 Å². The van der Waals surface area contributed by atoms with Gasteiger partial charge in [0.15, 0.2) is 0 Å². The van der Waals surface area contributed by atoms with E-state index in [2.05, 4.69) is 16.5 Å². The molecular formula is C24H28N4O5S. The maximum absolute atomic E-state index is 13.3. The summed E-state index contributed by atoms with van der Waals surface area (Å²) in [5.74, 6) is -0.828. The van der Waals surface area contributed by atoms with Crippen LogP contribution in [0.15, 0.2) is 48.4 Å². The fraction of sp³-hybridized carbons (Fsp3) is 0.333. The van der Waals surface area contributed by atoms with Gasteiger partial charge in [0.25, 0.3) is 5.91 Å². The smallest absolute Gasteiger partial charge is 0.342 e. The summed E-state index contributed by atoms with van der Waals surface area (Å²) in [6.45, 7) is 8.92. The first-order valence-corrected chi connectivity index (χ1v) is 12.3. The van der Waals surface area contributed by atoms with Gasteiger partial charge >= 0.3 is 5.97 Å². The Morgan fingerprint density at radius 1 is 1.18 bits per heavy atom. The molecule has 1 aliphatic heterocycles. The zero-order valence-corrected chi connectivity index (χ0v) is 20.3. The minimum absolute atomic E-state index is 0.00551. The molecule has 0 saturated carbocycles. The maximum Gasteiger partial charge on any atom is 0.342 e. The molecule has 180 valence electrons. The van der Waals surface area contributed by atoms with Gasteiger partial charge < -0.3 is 9.64 Å². The van der Waals surface area contributed by atoms with E-state index in [-0.39, 0.29) is 37.5 Å². The Morgan fingerprint density at radius 3 is 2.53 bits per heavy atom. The van der Waals surface area contributed by atoms with Gasteiger partial charge in [0.1, 0.15) is 23.7 Å². The molecule has 1 aromatic heterocycles. The number of piperazine rings is 1. The standard InChI is InChI=1S/C24H28N4O5S/c1-5-14-33-24(30)21-18(3)25-19(4)26-22(21)23(29)27-12-13-28(17(2)16-27)34(31,32)15-11-20-9-7-6-8-10-20/h5-11,15,17H,1,12-14,16H2,2-4H3/b15-11+. The Hall–Kier alpha value is -3.37. The number of ether oxygens (including phenoxy) is 1. The summed E-state index contributed by atoms with van der Waals surface area (Å²) in [6, 6.07) is 8.68. The number of sulfonamides is 1. The molecule has 1 atom stereocenters. The van der Waals surface area contributed by atoms with Crippen molar-refractivity contribution >= 4 is 28.0 Å². The number of hydrogen-bond donors (Lipinski definition) is 0. The van der Waals surface area contributed by atoms with Crippen molar-refractivity contribution in [2.45, 2.75) is 26.8 Å². The molecule has 34 heavy (non-hydrogen) atoms. The summed E-state index contributed by atoms with van der Waals surface area (Å²) in [5, 5.41) is 1.18. The second kappa shape index (κ2) is 10.7. The quantitative estimate of drug-likeness (QED) is 0.439. The van der Waals surface area contributed by atoms with Gasteiger partial charge in [0.05, 0.1) is 5.69 Å². The highest BCUT2D eigenvalue weighted by Crippen LogP contribution is 2.21. The summed E-state index contributed by atoms with van der Waals surface area (Å²) >= 11 is 0. The van der Waals surface area contributed by atoms with Crippen molar-refractivity contribution in [3.8, 4) is 0 Å². The van der Waals surface area contributed by atoms with Crippen LogP contribution in [-0.4, -0.2) is 71.8 Å². The topological polar surface area (TPSA) is 110 Å². The number of carbonyl (C=O) groups is 2. The van der Waals surface area contributed by atoms with Crippen molar-refractivity contribution in [1.82, 2.24) is 19.2 Å². The van der Waals surface area contributed by atoms with Gasteiger partial charge in [-0.15, -0.1) is 0 Å². The lowest BCUT2D eigenvalue weighted by molar-refractivity contribution is 0.0530. The Bertz CT molecular complexity index is 1210. The van der Waals surface area contributed by atoms with Gasteiger partial charge in [-0.2, -0.15) is 4.31 Å². The van der Waals surface area contributed by atoms with Crippen LogP contribution in [0, 0.1) is 13.8 Å². The molecule has 1 unspecified atom stereocenters. The van der Waals surface area contributed by atoms with Gasteiger partial charge in [-0.1, -0.05) is 43.0 Å². The van der Waals surface area contributed by atoms with Crippen LogP contribution in [-0.2, 0) is 14.8 Å². The van der Waals surface area contributed by atoms with Crippen molar-refractivity contribution in [2.75, 3.05) is 26.2 Å². The SMILES string of the molecule is C=CCOC(=O)c1c(C)nc(C)nc1C(=O)N1CCN(S(=O)(=O)/C=C/c2ccccc2)C(C)C1. The fourth-order valence-electron chi connectivity index (χ4n) is 3.78. The lowest BCUT2D eigenvalue weighted by Crippen LogP contribution is -2.55. The minimum Gasteiger partial charge on any atom is -0.458 e. The monoisotopic (exact) mass is 484 g/mol. The van der Waals surface area contributed by atoms with Gasteiger partial charge in [0.2, 0.25) is 10.0 Å². The molecule has 1 amide bonds. The molecule has 0 bridgehead atoms. The molecule has 1 aliphatic rings. The highest BCUT2D eigenvalue weighted by Gasteiger charge is 2.35. The third kappa shape index (κ3) is 5.75. The van der Waals surface area contributed by atoms with Gasteiger partial charge in [-0.05, 0) is 32.4 Å². The number of rotatable bonds is 7. The van der Waals surface area contributed by atoms with E-state index in [4.69, 9.17) is 4.74 Å². The first-order valence-electron chi connectivity index (χ1n) is 10.8. The van der Waals surface area contributed by atoms with Crippen LogP contribution < -0.4 is 0 Å². The Kier molecular flexibility index (Phi) is 7.95. The zero-order chi connectivity index (χ0) is 24.9. The third-order valence-electron chi connectivity index (χ3n) is 5.35. The first-order chi connectivity index (χ1) is 16.1. The predicted molar refractivity (Wildman–Crippen MR) is 128 cm³/mol. The second-order valence-electron chi connectivity index (χ2n) is 7.94. The van der Waals surface area contributed by atoms with Crippen LogP contribution in [0.1, 0.15) is 44.9 Å². The molecule has 3 rings (SSSR count). The van der Waals surface area contributed by atoms with Crippen molar-refractivity contribution in [3.63, 3.8) is 0 Å². The Labute approximate surface area is 199 Å². The first kappa shape index (κ1) is 25.3. The van der Waals surface area contributed by atoms with Crippen LogP contribution in [0.5, 0.6) is 0 Å². The van der Waals surface area contributed by atoms with E-state index in [1.807, 2.05) is 30.3 Å². The number of esters is 1. The molecule has 0 radical (unpaired) electrons. The lowest BCUT2D eigenvalue weighted by atomic mass is 10.1. The molecule has 1 fully saturated rings. The summed E-state index contributed by atoms with van der Waals surface area (Å²) in [6.07, 6.45) is 2.98. The molecule has 10 heteroatoms. The number of hydrogen-bond acceptors (Lipinski definition) is 7. The summed E-state index contributed by atoms with van der Waals surface area (Å²) in [4.78, 5) is 35.8. The number of aryl methyl sites for hydroxylation is 2. The van der Waals surface area contributed by atoms with E-state index in [1.165, 1.54) is 20.7 Å². The van der Waals surface area contributed by atoms with E-state index in [1.54, 1.807) is 26.8 Å². The molecule has 1 aromatic carbocycles. The molecule has 0 spiro atoms. The van der Waals surface area contributed by atoms with Gasteiger partial charge in [0, 0.05) is 31.1 Å². The molecule has 0 aliphatic carbocycles. The third-order valence-corrected chi connectivity index (χ3v) is 7.03. The van der Waals surface area contributed by atoms with E-state index in [0.717, 1.165) is 5.56 Å². The Balaban J connectivity index is 1.79. The van der Waals surface area contributed by atoms with E-state index < -0.39 is 27.9 Å². The lowest BCUT2D eigenvalue weighted by Gasteiger charge is -2.38. The molecule has 2 heterocycles. The molecule has 1 saturated heterocycles.